The summed E-state index contributed by atoms with van der Waals surface area (Å²) in [6.45, 7) is 2.00. The van der Waals surface area contributed by atoms with Gasteiger partial charge in [-0.2, -0.15) is 11.3 Å². The third-order valence-electron chi connectivity index (χ3n) is 2.29. The zero-order chi connectivity index (χ0) is 9.97. The van der Waals surface area contributed by atoms with Crippen molar-refractivity contribution in [1.82, 2.24) is 0 Å². The van der Waals surface area contributed by atoms with Crippen LogP contribution in [-0.4, -0.2) is 0 Å². The lowest BCUT2D eigenvalue weighted by atomic mass is 10.0. The van der Waals surface area contributed by atoms with Gasteiger partial charge in [-0.15, -0.1) is 0 Å². The van der Waals surface area contributed by atoms with Gasteiger partial charge in [0, 0.05) is 6.04 Å². The van der Waals surface area contributed by atoms with Gasteiger partial charge in [-0.25, -0.2) is 0 Å². The Morgan fingerprint density at radius 2 is 1.79 bits per heavy atom. The van der Waals surface area contributed by atoms with Crippen LogP contribution in [0.3, 0.4) is 0 Å². The van der Waals surface area contributed by atoms with Crippen LogP contribution in [0.5, 0.6) is 0 Å². The molecular weight excluding hydrogens is 190 g/mol. The Labute approximate surface area is 88.2 Å². The van der Waals surface area contributed by atoms with Crippen LogP contribution in [0.25, 0.3) is 11.1 Å². The first-order chi connectivity index (χ1) is 6.77. The van der Waals surface area contributed by atoms with Gasteiger partial charge in [-0.05, 0) is 40.4 Å². The molecule has 1 aromatic carbocycles. The van der Waals surface area contributed by atoms with Gasteiger partial charge in [0.25, 0.3) is 0 Å². The molecule has 0 radical (unpaired) electrons. The lowest BCUT2D eigenvalue weighted by Crippen LogP contribution is -2.04. The fourth-order valence-corrected chi connectivity index (χ4v) is 2.07. The van der Waals surface area contributed by atoms with Gasteiger partial charge in [0.15, 0.2) is 0 Å². The standard InChI is InChI=1S/C12H13NS/c1-9(13)10-2-4-11(5-3-10)12-6-7-14-8-12/h2-9H,13H2,1H3/t9-/m0/s1. The summed E-state index contributed by atoms with van der Waals surface area (Å²) in [5.74, 6) is 0. The van der Waals surface area contributed by atoms with E-state index < -0.39 is 0 Å². The minimum absolute atomic E-state index is 0.117. The first-order valence-electron chi connectivity index (χ1n) is 4.65. The summed E-state index contributed by atoms with van der Waals surface area (Å²) >= 11 is 1.72. The molecule has 0 bridgehead atoms. The lowest BCUT2D eigenvalue weighted by molar-refractivity contribution is 0.818. The van der Waals surface area contributed by atoms with E-state index >= 15 is 0 Å². The number of hydrogen-bond acceptors (Lipinski definition) is 2. The fourth-order valence-electron chi connectivity index (χ4n) is 1.41. The fraction of sp³-hybridized carbons (Fsp3) is 0.167. The molecule has 0 unspecified atom stereocenters. The van der Waals surface area contributed by atoms with Crippen molar-refractivity contribution in [1.29, 1.82) is 0 Å². The van der Waals surface area contributed by atoms with Crippen LogP contribution in [0.2, 0.25) is 0 Å². The van der Waals surface area contributed by atoms with Gasteiger partial charge >= 0.3 is 0 Å². The maximum Gasteiger partial charge on any atom is 0.0266 e. The minimum atomic E-state index is 0.117. The smallest absolute Gasteiger partial charge is 0.0266 e. The second-order valence-electron chi connectivity index (χ2n) is 3.42. The average Bonchev–Trinajstić information content (AvgIpc) is 2.71. The Bertz CT molecular complexity index is 387. The van der Waals surface area contributed by atoms with Crippen LogP contribution in [0.15, 0.2) is 41.1 Å². The second-order valence-corrected chi connectivity index (χ2v) is 4.20. The second kappa shape index (κ2) is 3.95. The van der Waals surface area contributed by atoms with Crippen LogP contribution in [-0.2, 0) is 0 Å². The van der Waals surface area contributed by atoms with Crippen molar-refractivity contribution >= 4 is 11.3 Å². The van der Waals surface area contributed by atoms with Gasteiger partial charge in [0.05, 0.1) is 0 Å². The Kier molecular flexibility index (Phi) is 2.66. The van der Waals surface area contributed by atoms with Gasteiger partial charge in [0.1, 0.15) is 0 Å². The predicted octanol–water partition coefficient (Wildman–Crippen LogP) is 3.43. The van der Waals surface area contributed by atoms with E-state index in [2.05, 4.69) is 41.1 Å². The molecule has 2 N–H and O–H groups in total. The summed E-state index contributed by atoms with van der Waals surface area (Å²) in [5, 5.41) is 4.25. The van der Waals surface area contributed by atoms with Crippen molar-refractivity contribution in [2.45, 2.75) is 13.0 Å². The average molecular weight is 203 g/mol. The SMILES string of the molecule is C[C@H](N)c1ccc(-c2ccsc2)cc1. The predicted molar refractivity (Wildman–Crippen MR) is 62.4 cm³/mol. The highest BCUT2D eigenvalue weighted by atomic mass is 32.1. The third kappa shape index (κ3) is 1.86. The molecule has 2 aromatic rings. The van der Waals surface area contributed by atoms with E-state index in [0.717, 1.165) is 0 Å². The number of rotatable bonds is 2. The van der Waals surface area contributed by atoms with E-state index in [1.807, 2.05) is 6.92 Å². The van der Waals surface area contributed by atoms with Crippen LogP contribution in [0.4, 0.5) is 0 Å². The molecule has 0 fully saturated rings. The van der Waals surface area contributed by atoms with Crippen molar-refractivity contribution < 1.29 is 0 Å². The first kappa shape index (κ1) is 9.44. The Morgan fingerprint density at radius 1 is 1.07 bits per heavy atom. The van der Waals surface area contributed by atoms with Gasteiger partial charge < -0.3 is 5.73 Å². The maximum absolute atomic E-state index is 5.78. The van der Waals surface area contributed by atoms with E-state index in [1.165, 1.54) is 16.7 Å². The molecule has 72 valence electrons. The van der Waals surface area contributed by atoms with E-state index in [1.54, 1.807) is 11.3 Å². The van der Waals surface area contributed by atoms with E-state index in [0.29, 0.717) is 0 Å². The zero-order valence-electron chi connectivity index (χ0n) is 8.10. The molecule has 0 saturated heterocycles. The normalized spacial score (nSPS) is 12.7. The summed E-state index contributed by atoms with van der Waals surface area (Å²) in [7, 11) is 0. The van der Waals surface area contributed by atoms with Gasteiger partial charge in [0.2, 0.25) is 0 Å². The van der Waals surface area contributed by atoms with Crippen molar-refractivity contribution in [2.75, 3.05) is 0 Å². The summed E-state index contributed by atoms with van der Waals surface area (Å²) in [6.07, 6.45) is 0. The molecule has 2 heteroatoms. The molecule has 0 aliphatic rings. The minimum Gasteiger partial charge on any atom is -0.324 e. The highest BCUT2D eigenvalue weighted by Gasteiger charge is 2.00. The third-order valence-corrected chi connectivity index (χ3v) is 2.97. The summed E-state index contributed by atoms with van der Waals surface area (Å²) < 4.78 is 0. The van der Waals surface area contributed by atoms with Crippen molar-refractivity contribution in [3.63, 3.8) is 0 Å². The van der Waals surface area contributed by atoms with Crippen molar-refractivity contribution in [3.05, 3.63) is 46.7 Å². The van der Waals surface area contributed by atoms with Gasteiger partial charge in [-0.1, -0.05) is 24.3 Å². The molecule has 1 atom stereocenters. The topological polar surface area (TPSA) is 26.0 Å². The largest absolute Gasteiger partial charge is 0.324 e. The monoisotopic (exact) mass is 203 g/mol. The highest BCUT2D eigenvalue weighted by molar-refractivity contribution is 7.08. The van der Waals surface area contributed by atoms with Crippen LogP contribution < -0.4 is 5.73 Å². The Balaban J connectivity index is 2.31. The molecule has 1 nitrogen and oxygen atoms in total. The quantitative estimate of drug-likeness (QED) is 0.795. The van der Waals surface area contributed by atoms with Crippen molar-refractivity contribution in [3.8, 4) is 11.1 Å². The van der Waals surface area contributed by atoms with Crippen LogP contribution >= 0.6 is 11.3 Å². The number of nitrogens with two attached hydrogens (primary N) is 1. The van der Waals surface area contributed by atoms with Gasteiger partial charge in [-0.3, -0.25) is 0 Å². The molecular formula is C12H13NS. The molecule has 0 aliphatic heterocycles. The zero-order valence-corrected chi connectivity index (χ0v) is 8.92. The van der Waals surface area contributed by atoms with E-state index in [4.69, 9.17) is 5.73 Å². The molecule has 1 heterocycles. The Morgan fingerprint density at radius 3 is 2.29 bits per heavy atom. The van der Waals surface area contributed by atoms with Crippen molar-refractivity contribution in [2.24, 2.45) is 5.73 Å². The Hall–Kier alpha value is -1.12. The molecule has 0 aliphatic carbocycles. The molecule has 1 aromatic heterocycles. The summed E-state index contributed by atoms with van der Waals surface area (Å²) in [5.41, 5.74) is 9.51. The number of thiophene rings is 1. The van der Waals surface area contributed by atoms with Crippen LogP contribution in [0, 0.1) is 0 Å². The molecule has 0 amide bonds. The highest BCUT2D eigenvalue weighted by Crippen LogP contribution is 2.23. The number of hydrogen-bond donors (Lipinski definition) is 1. The van der Waals surface area contributed by atoms with E-state index in [9.17, 15) is 0 Å². The van der Waals surface area contributed by atoms with E-state index in [-0.39, 0.29) is 6.04 Å². The van der Waals surface area contributed by atoms with Crippen LogP contribution in [0.1, 0.15) is 18.5 Å². The molecule has 2 rings (SSSR count). The summed E-state index contributed by atoms with van der Waals surface area (Å²) in [6, 6.07) is 10.7. The summed E-state index contributed by atoms with van der Waals surface area (Å²) in [4.78, 5) is 0. The lowest BCUT2D eigenvalue weighted by Gasteiger charge is -2.05. The molecule has 0 spiro atoms. The first-order valence-corrected chi connectivity index (χ1v) is 5.60. The molecule has 14 heavy (non-hydrogen) atoms. The molecule has 0 saturated carbocycles. The maximum atomic E-state index is 5.78. The number of benzene rings is 1.